The normalized spacial score (nSPS) is 22.8. The molecule has 0 aromatic heterocycles. The Morgan fingerprint density at radius 2 is 2.11 bits per heavy atom. The Kier molecular flexibility index (Phi) is 6.09. The molecule has 1 aliphatic rings. The first-order chi connectivity index (χ1) is 8.53. The minimum atomic E-state index is 0.0165. The molecule has 1 rings (SSSR count). The quantitative estimate of drug-likeness (QED) is 0.787. The third-order valence-corrected chi connectivity index (χ3v) is 4.05. The molecule has 0 heterocycles. The van der Waals surface area contributed by atoms with Crippen LogP contribution in [-0.2, 0) is 9.53 Å². The van der Waals surface area contributed by atoms with Gasteiger partial charge in [0.2, 0.25) is 5.91 Å². The minimum absolute atomic E-state index is 0.0165. The monoisotopic (exact) mass is 257 g/mol. The summed E-state index contributed by atoms with van der Waals surface area (Å²) in [6.07, 6.45) is 4.44. The Balaban J connectivity index is 2.67. The average Bonchev–Trinajstić information content (AvgIpc) is 2.33. The maximum atomic E-state index is 12.6. The molecule has 1 amide bonds. The van der Waals surface area contributed by atoms with Crippen LogP contribution in [0.15, 0.2) is 0 Å². The largest absolute Gasteiger partial charge is 0.395 e. The number of hydrogen-bond donors (Lipinski definition) is 1. The highest BCUT2D eigenvalue weighted by Gasteiger charge is 2.38. The molecule has 0 bridgehead atoms. The van der Waals surface area contributed by atoms with Gasteiger partial charge in [0.05, 0.1) is 13.2 Å². The standard InChI is InChI=1S/C14H27NO3/c1-14(2)7-5-4-6-12(14)13(17)15(8-10-16)9-11-18-3/h12,16H,4-11H2,1-3H3. The molecule has 4 nitrogen and oxygen atoms in total. The van der Waals surface area contributed by atoms with Crippen LogP contribution in [0.25, 0.3) is 0 Å². The van der Waals surface area contributed by atoms with E-state index in [4.69, 9.17) is 9.84 Å². The van der Waals surface area contributed by atoms with Crippen molar-refractivity contribution in [1.82, 2.24) is 4.90 Å². The summed E-state index contributed by atoms with van der Waals surface area (Å²) in [5, 5.41) is 9.08. The highest BCUT2D eigenvalue weighted by atomic mass is 16.5. The summed E-state index contributed by atoms with van der Waals surface area (Å²) in [5.74, 6) is 0.278. The molecule has 1 N–H and O–H groups in total. The van der Waals surface area contributed by atoms with Crippen LogP contribution in [0.2, 0.25) is 0 Å². The van der Waals surface area contributed by atoms with Crippen LogP contribution in [0.1, 0.15) is 39.5 Å². The van der Waals surface area contributed by atoms with Crippen LogP contribution in [-0.4, -0.2) is 49.3 Å². The molecule has 1 fully saturated rings. The number of aliphatic hydroxyl groups is 1. The second kappa shape index (κ2) is 7.10. The molecule has 18 heavy (non-hydrogen) atoms. The van der Waals surface area contributed by atoms with Crippen molar-refractivity contribution >= 4 is 5.91 Å². The molecule has 0 aromatic carbocycles. The number of carbonyl (C=O) groups is 1. The van der Waals surface area contributed by atoms with Gasteiger partial charge < -0.3 is 14.7 Å². The van der Waals surface area contributed by atoms with Gasteiger partial charge in [-0.1, -0.05) is 26.7 Å². The summed E-state index contributed by atoms with van der Waals surface area (Å²) < 4.78 is 5.03. The predicted molar refractivity (Wildman–Crippen MR) is 71.3 cm³/mol. The Labute approximate surface area is 110 Å². The Bertz CT molecular complexity index is 266. The van der Waals surface area contributed by atoms with Crippen molar-refractivity contribution in [2.24, 2.45) is 11.3 Å². The number of ether oxygens (including phenoxy) is 1. The fourth-order valence-corrected chi connectivity index (χ4v) is 2.83. The van der Waals surface area contributed by atoms with Gasteiger partial charge >= 0.3 is 0 Å². The molecule has 106 valence electrons. The zero-order valence-electron chi connectivity index (χ0n) is 11.9. The molecular weight excluding hydrogens is 230 g/mol. The van der Waals surface area contributed by atoms with E-state index in [0.717, 1.165) is 19.3 Å². The molecule has 0 aliphatic heterocycles. The van der Waals surface area contributed by atoms with E-state index < -0.39 is 0 Å². The highest BCUT2D eigenvalue weighted by molar-refractivity contribution is 5.79. The van der Waals surface area contributed by atoms with Crippen LogP contribution < -0.4 is 0 Å². The molecule has 1 unspecified atom stereocenters. The lowest BCUT2D eigenvalue weighted by molar-refractivity contribution is -0.142. The molecule has 4 heteroatoms. The van der Waals surface area contributed by atoms with Gasteiger partial charge in [0, 0.05) is 26.1 Å². The van der Waals surface area contributed by atoms with E-state index >= 15 is 0 Å². The third kappa shape index (κ3) is 3.95. The fourth-order valence-electron chi connectivity index (χ4n) is 2.83. The van der Waals surface area contributed by atoms with E-state index in [1.807, 2.05) is 0 Å². The van der Waals surface area contributed by atoms with Gasteiger partial charge in [-0.2, -0.15) is 0 Å². The van der Waals surface area contributed by atoms with E-state index in [1.165, 1.54) is 6.42 Å². The lowest BCUT2D eigenvalue weighted by Gasteiger charge is -2.40. The molecule has 1 saturated carbocycles. The van der Waals surface area contributed by atoms with Crippen molar-refractivity contribution < 1.29 is 14.6 Å². The summed E-state index contributed by atoms with van der Waals surface area (Å²) in [5.41, 5.74) is 0.0795. The molecular formula is C14H27NO3. The Morgan fingerprint density at radius 1 is 1.39 bits per heavy atom. The van der Waals surface area contributed by atoms with Gasteiger partial charge in [-0.15, -0.1) is 0 Å². The average molecular weight is 257 g/mol. The summed E-state index contributed by atoms with van der Waals surface area (Å²) in [4.78, 5) is 14.3. The van der Waals surface area contributed by atoms with Crippen LogP contribution in [0, 0.1) is 11.3 Å². The Hall–Kier alpha value is -0.610. The van der Waals surface area contributed by atoms with E-state index in [2.05, 4.69) is 13.8 Å². The number of amides is 1. The fraction of sp³-hybridized carbons (Fsp3) is 0.929. The maximum absolute atomic E-state index is 12.6. The number of aliphatic hydroxyl groups excluding tert-OH is 1. The number of rotatable bonds is 6. The molecule has 0 saturated heterocycles. The first-order valence-electron chi connectivity index (χ1n) is 6.91. The summed E-state index contributed by atoms with van der Waals surface area (Å²) in [6, 6.07) is 0. The lowest BCUT2D eigenvalue weighted by Crippen LogP contribution is -2.45. The predicted octanol–water partition coefficient (Wildman–Crippen LogP) is 1.67. The third-order valence-electron chi connectivity index (χ3n) is 4.05. The van der Waals surface area contributed by atoms with Crippen LogP contribution in [0.4, 0.5) is 0 Å². The molecule has 1 aliphatic carbocycles. The summed E-state index contributed by atoms with van der Waals surface area (Å²) in [6.45, 7) is 5.89. The summed E-state index contributed by atoms with van der Waals surface area (Å²) >= 11 is 0. The Morgan fingerprint density at radius 3 is 2.67 bits per heavy atom. The SMILES string of the molecule is COCCN(CCO)C(=O)C1CCCCC1(C)C. The summed E-state index contributed by atoms with van der Waals surface area (Å²) in [7, 11) is 1.63. The molecule has 0 radical (unpaired) electrons. The number of carbonyl (C=O) groups excluding carboxylic acids is 1. The minimum Gasteiger partial charge on any atom is -0.395 e. The van der Waals surface area contributed by atoms with E-state index in [9.17, 15) is 4.79 Å². The van der Waals surface area contributed by atoms with Crippen molar-refractivity contribution in [3.05, 3.63) is 0 Å². The van der Waals surface area contributed by atoms with Gasteiger partial charge in [0.25, 0.3) is 0 Å². The second-order valence-corrected chi connectivity index (χ2v) is 5.83. The molecule has 0 spiro atoms. The first kappa shape index (κ1) is 15.4. The van der Waals surface area contributed by atoms with Crippen LogP contribution in [0.3, 0.4) is 0 Å². The van der Waals surface area contributed by atoms with E-state index in [-0.39, 0.29) is 23.8 Å². The second-order valence-electron chi connectivity index (χ2n) is 5.83. The van der Waals surface area contributed by atoms with Crippen molar-refractivity contribution in [2.75, 3.05) is 33.4 Å². The van der Waals surface area contributed by atoms with E-state index in [0.29, 0.717) is 19.7 Å². The smallest absolute Gasteiger partial charge is 0.226 e. The number of hydrogen-bond acceptors (Lipinski definition) is 3. The van der Waals surface area contributed by atoms with Crippen LogP contribution in [0.5, 0.6) is 0 Å². The van der Waals surface area contributed by atoms with Gasteiger partial charge in [-0.25, -0.2) is 0 Å². The van der Waals surface area contributed by atoms with Gasteiger partial charge in [0.15, 0.2) is 0 Å². The van der Waals surface area contributed by atoms with E-state index in [1.54, 1.807) is 12.0 Å². The van der Waals surface area contributed by atoms with Crippen molar-refractivity contribution in [2.45, 2.75) is 39.5 Å². The van der Waals surface area contributed by atoms with Gasteiger partial charge in [-0.05, 0) is 18.3 Å². The van der Waals surface area contributed by atoms with Gasteiger partial charge in [0.1, 0.15) is 0 Å². The number of methoxy groups -OCH3 is 1. The van der Waals surface area contributed by atoms with Crippen molar-refractivity contribution in [3.8, 4) is 0 Å². The zero-order chi connectivity index (χ0) is 13.6. The highest BCUT2D eigenvalue weighted by Crippen LogP contribution is 2.41. The topological polar surface area (TPSA) is 49.8 Å². The number of nitrogens with zero attached hydrogens (tertiary/aromatic N) is 1. The van der Waals surface area contributed by atoms with Crippen molar-refractivity contribution in [3.63, 3.8) is 0 Å². The van der Waals surface area contributed by atoms with Crippen LogP contribution >= 0.6 is 0 Å². The lowest BCUT2D eigenvalue weighted by atomic mass is 9.68. The first-order valence-corrected chi connectivity index (χ1v) is 6.91. The molecule has 1 atom stereocenters. The zero-order valence-corrected chi connectivity index (χ0v) is 11.9. The molecule has 0 aromatic rings. The maximum Gasteiger partial charge on any atom is 0.226 e. The van der Waals surface area contributed by atoms with Crippen molar-refractivity contribution in [1.29, 1.82) is 0 Å². The van der Waals surface area contributed by atoms with Gasteiger partial charge in [-0.3, -0.25) is 4.79 Å².